The van der Waals surface area contributed by atoms with Gasteiger partial charge in [-0.15, -0.1) is 0 Å². The third-order valence-corrected chi connectivity index (χ3v) is 5.37. The fourth-order valence-corrected chi connectivity index (χ4v) is 3.72. The molecule has 1 fully saturated rings. The molecular formula is C22H25N3O4. The molecule has 29 heavy (non-hydrogen) atoms. The molecule has 0 spiro atoms. The highest BCUT2D eigenvalue weighted by Crippen LogP contribution is 2.30. The van der Waals surface area contributed by atoms with Crippen LogP contribution in [0.5, 0.6) is 11.5 Å². The fraction of sp³-hybridized carbons (Fsp3) is 0.364. The van der Waals surface area contributed by atoms with Gasteiger partial charge >= 0.3 is 0 Å². The van der Waals surface area contributed by atoms with Crippen molar-refractivity contribution >= 4 is 17.3 Å². The van der Waals surface area contributed by atoms with Crippen molar-refractivity contribution in [1.29, 1.82) is 0 Å². The lowest BCUT2D eigenvalue weighted by molar-refractivity contribution is -0.142. The van der Waals surface area contributed by atoms with Crippen molar-refractivity contribution in [3.63, 3.8) is 0 Å². The van der Waals surface area contributed by atoms with Crippen LogP contribution in [0.15, 0.2) is 53.7 Å². The van der Waals surface area contributed by atoms with Gasteiger partial charge in [0.25, 0.3) is 5.91 Å². The van der Waals surface area contributed by atoms with E-state index in [9.17, 15) is 4.79 Å². The molecule has 2 aromatic carbocycles. The summed E-state index contributed by atoms with van der Waals surface area (Å²) in [4.78, 5) is 22.6. The van der Waals surface area contributed by atoms with Crippen molar-refractivity contribution in [3.8, 4) is 11.5 Å². The Labute approximate surface area is 170 Å². The molecule has 2 aliphatic rings. The molecular weight excluding hydrogens is 370 g/mol. The van der Waals surface area contributed by atoms with Gasteiger partial charge in [0.2, 0.25) is 6.10 Å². The molecule has 1 amide bonds. The maximum absolute atomic E-state index is 12.9. The van der Waals surface area contributed by atoms with Gasteiger partial charge in [-0.2, -0.15) is 0 Å². The summed E-state index contributed by atoms with van der Waals surface area (Å²) in [6.07, 6.45) is -0.117. The summed E-state index contributed by atoms with van der Waals surface area (Å²) in [6, 6.07) is 15.9. The van der Waals surface area contributed by atoms with Gasteiger partial charge in [0.05, 0.1) is 19.9 Å². The zero-order valence-corrected chi connectivity index (χ0v) is 16.7. The number of carbonyl (C=O) groups excluding carboxylic acids is 1. The van der Waals surface area contributed by atoms with E-state index in [0.29, 0.717) is 31.0 Å². The van der Waals surface area contributed by atoms with Gasteiger partial charge < -0.3 is 24.1 Å². The summed E-state index contributed by atoms with van der Waals surface area (Å²) in [5.41, 5.74) is 2.80. The fourth-order valence-electron chi connectivity index (χ4n) is 3.72. The summed E-state index contributed by atoms with van der Waals surface area (Å²) in [6.45, 7) is 2.98. The Morgan fingerprint density at radius 1 is 1.00 bits per heavy atom. The van der Waals surface area contributed by atoms with E-state index in [-0.39, 0.29) is 5.91 Å². The highest BCUT2D eigenvalue weighted by Gasteiger charge is 2.34. The number of methoxy groups -OCH3 is 2. The van der Waals surface area contributed by atoms with Crippen LogP contribution in [0.2, 0.25) is 0 Å². The second-order valence-electron chi connectivity index (χ2n) is 7.05. The van der Waals surface area contributed by atoms with E-state index < -0.39 is 6.10 Å². The zero-order valence-electron chi connectivity index (χ0n) is 16.7. The summed E-state index contributed by atoms with van der Waals surface area (Å²) in [5.74, 6) is 1.27. The van der Waals surface area contributed by atoms with Crippen LogP contribution in [-0.4, -0.2) is 63.0 Å². The third-order valence-electron chi connectivity index (χ3n) is 5.37. The molecule has 0 aliphatic carbocycles. The minimum Gasteiger partial charge on any atom is -0.493 e. The van der Waals surface area contributed by atoms with E-state index in [1.165, 1.54) is 5.69 Å². The summed E-state index contributed by atoms with van der Waals surface area (Å²) in [7, 11) is 3.19. The van der Waals surface area contributed by atoms with E-state index in [4.69, 9.17) is 14.3 Å². The number of carbonyl (C=O) groups is 1. The number of benzene rings is 2. The van der Waals surface area contributed by atoms with Crippen LogP contribution in [-0.2, 0) is 9.63 Å². The smallest absolute Gasteiger partial charge is 0.267 e. The Bertz CT molecular complexity index is 892. The average Bonchev–Trinajstić information content (AvgIpc) is 3.29. The van der Waals surface area contributed by atoms with E-state index in [2.05, 4.69) is 22.2 Å². The van der Waals surface area contributed by atoms with Crippen LogP contribution in [0, 0.1) is 0 Å². The zero-order chi connectivity index (χ0) is 20.2. The van der Waals surface area contributed by atoms with Gasteiger partial charge in [-0.05, 0) is 30.3 Å². The van der Waals surface area contributed by atoms with Gasteiger partial charge in [-0.1, -0.05) is 23.4 Å². The molecule has 0 aromatic heterocycles. The van der Waals surface area contributed by atoms with Crippen molar-refractivity contribution in [2.75, 3.05) is 45.3 Å². The topological polar surface area (TPSA) is 63.6 Å². The molecule has 2 heterocycles. The van der Waals surface area contributed by atoms with Crippen molar-refractivity contribution in [2.24, 2.45) is 5.16 Å². The number of nitrogens with zero attached hydrogens (tertiary/aromatic N) is 3. The second kappa shape index (κ2) is 8.43. The highest BCUT2D eigenvalue weighted by molar-refractivity contribution is 6.04. The number of piperazine rings is 1. The van der Waals surface area contributed by atoms with Crippen LogP contribution in [0.25, 0.3) is 0 Å². The molecule has 0 unspecified atom stereocenters. The van der Waals surface area contributed by atoms with Crippen LogP contribution < -0.4 is 14.4 Å². The standard InChI is InChI=1S/C22H25N3O4/c1-27-19-9-8-16(14-20(19)28-2)18-15-21(29-23-18)22(26)25-12-10-24(11-13-25)17-6-4-3-5-7-17/h3-9,14,21H,10-13,15H2,1-2H3/t21-/m0/s1. The summed E-state index contributed by atoms with van der Waals surface area (Å²) < 4.78 is 10.6. The number of amides is 1. The molecule has 0 N–H and O–H groups in total. The molecule has 0 bridgehead atoms. The van der Waals surface area contributed by atoms with Crippen LogP contribution in [0.1, 0.15) is 12.0 Å². The molecule has 7 heteroatoms. The SMILES string of the molecule is COc1ccc(C2=NO[C@H](C(=O)N3CCN(c4ccccc4)CC3)C2)cc1OC. The molecule has 2 aliphatic heterocycles. The lowest BCUT2D eigenvalue weighted by atomic mass is 10.0. The molecule has 7 nitrogen and oxygen atoms in total. The average molecular weight is 395 g/mol. The largest absolute Gasteiger partial charge is 0.493 e. The van der Waals surface area contributed by atoms with Gasteiger partial charge in [-0.25, -0.2) is 0 Å². The van der Waals surface area contributed by atoms with Crippen LogP contribution in [0.3, 0.4) is 0 Å². The lowest BCUT2D eigenvalue weighted by Crippen LogP contribution is -2.51. The van der Waals surface area contributed by atoms with Gasteiger partial charge in [0.1, 0.15) is 0 Å². The first-order chi connectivity index (χ1) is 14.2. The highest BCUT2D eigenvalue weighted by atomic mass is 16.6. The Morgan fingerprint density at radius 3 is 2.41 bits per heavy atom. The molecule has 0 saturated carbocycles. The van der Waals surface area contributed by atoms with Gasteiger partial charge in [0, 0.05) is 43.9 Å². The summed E-state index contributed by atoms with van der Waals surface area (Å²) in [5, 5.41) is 4.16. The maximum Gasteiger partial charge on any atom is 0.267 e. The number of ether oxygens (including phenoxy) is 2. The molecule has 2 aromatic rings. The van der Waals surface area contributed by atoms with Crippen molar-refractivity contribution in [3.05, 3.63) is 54.1 Å². The molecule has 1 saturated heterocycles. The lowest BCUT2D eigenvalue weighted by Gasteiger charge is -2.36. The molecule has 4 rings (SSSR count). The Hall–Kier alpha value is -3.22. The van der Waals surface area contributed by atoms with E-state index in [1.54, 1.807) is 14.2 Å². The van der Waals surface area contributed by atoms with Gasteiger partial charge in [0.15, 0.2) is 11.5 Å². The normalized spacial score (nSPS) is 18.8. The Morgan fingerprint density at radius 2 is 1.72 bits per heavy atom. The predicted molar refractivity (Wildman–Crippen MR) is 111 cm³/mol. The number of para-hydroxylation sites is 1. The first-order valence-corrected chi connectivity index (χ1v) is 9.73. The number of hydrogen-bond donors (Lipinski definition) is 0. The third kappa shape index (κ3) is 3.99. The number of hydrogen-bond acceptors (Lipinski definition) is 6. The monoisotopic (exact) mass is 395 g/mol. The summed E-state index contributed by atoms with van der Waals surface area (Å²) >= 11 is 0. The molecule has 1 atom stereocenters. The first-order valence-electron chi connectivity index (χ1n) is 9.73. The van der Waals surface area contributed by atoms with Crippen molar-refractivity contribution in [2.45, 2.75) is 12.5 Å². The van der Waals surface area contributed by atoms with E-state index in [1.807, 2.05) is 41.3 Å². The minimum atomic E-state index is -0.568. The van der Waals surface area contributed by atoms with Crippen molar-refractivity contribution < 1.29 is 19.1 Å². The molecule has 152 valence electrons. The number of oxime groups is 1. The van der Waals surface area contributed by atoms with Crippen molar-refractivity contribution in [1.82, 2.24) is 4.90 Å². The Balaban J connectivity index is 1.35. The first kappa shape index (κ1) is 19.1. The number of rotatable bonds is 5. The number of anilines is 1. The minimum absolute atomic E-state index is 0.00283. The second-order valence-corrected chi connectivity index (χ2v) is 7.05. The van der Waals surface area contributed by atoms with Crippen LogP contribution >= 0.6 is 0 Å². The van der Waals surface area contributed by atoms with E-state index in [0.717, 1.165) is 24.4 Å². The Kier molecular flexibility index (Phi) is 5.55. The van der Waals surface area contributed by atoms with Gasteiger partial charge in [-0.3, -0.25) is 4.79 Å². The quantitative estimate of drug-likeness (QED) is 0.779. The van der Waals surface area contributed by atoms with Crippen LogP contribution in [0.4, 0.5) is 5.69 Å². The predicted octanol–water partition coefficient (Wildman–Crippen LogP) is 2.55. The van der Waals surface area contributed by atoms with E-state index >= 15 is 0 Å². The maximum atomic E-state index is 12.9. The molecule has 0 radical (unpaired) electrons.